The molecule has 0 atom stereocenters. The highest BCUT2D eigenvalue weighted by Crippen LogP contribution is 2.31. The van der Waals surface area contributed by atoms with Crippen molar-refractivity contribution in [2.45, 2.75) is 6.42 Å². The summed E-state index contributed by atoms with van der Waals surface area (Å²) in [4.78, 5) is 12.3. The van der Waals surface area contributed by atoms with E-state index in [1.54, 1.807) is 12.1 Å². The maximum absolute atomic E-state index is 13.8. The van der Waals surface area contributed by atoms with Crippen LogP contribution in [-0.2, 0) is 16.4 Å². The van der Waals surface area contributed by atoms with E-state index in [1.165, 1.54) is 22.5 Å². The van der Waals surface area contributed by atoms with E-state index < -0.39 is 21.7 Å². The molecule has 0 saturated heterocycles. The fraction of sp³-hybridized carbons (Fsp3) is 0.188. The minimum absolute atomic E-state index is 0.00451. The van der Waals surface area contributed by atoms with Gasteiger partial charge in [0.15, 0.2) is 0 Å². The molecule has 1 amide bonds. The monoisotopic (exact) mass is 368 g/mol. The van der Waals surface area contributed by atoms with Gasteiger partial charge in [0.2, 0.25) is 10.0 Å². The van der Waals surface area contributed by atoms with Crippen molar-refractivity contribution in [2.24, 2.45) is 0 Å². The normalized spacial score (nSPS) is 13.7. The topological polar surface area (TPSA) is 66.5 Å². The summed E-state index contributed by atoms with van der Waals surface area (Å²) in [7, 11) is -3.40. The van der Waals surface area contributed by atoms with Gasteiger partial charge in [0.25, 0.3) is 5.91 Å². The van der Waals surface area contributed by atoms with E-state index in [-0.39, 0.29) is 16.3 Å². The highest BCUT2D eigenvalue weighted by Gasteiger charge is 2.27. The molecule has 1 N–H and O–H groups in total. The molecule has 8 heteroatoms. The summed E-state index contributed by atoms with van der Waals surface area (Å²) < 4.78 is 38.7. The van der Waals surface area contributed by atoms with Crippen LogP contribution < -0.4 is 9.62 Å². The van der Waals surface area contributed by atoms with Gasteiger partial charge in [-0.1, -0.05) is 17.7 Å². The molecule has 1 aliphatic heterocycles. The van der Waals surface area contributed by atoms with Crippen LogP contribution in [0.15, 0.2) is 36.4 Å². The van der Waals surface area contributed by atoms with Crippen LogP contribution in [0.3, 0.4) is 0 Å². The fourth-order valence-corrected chi connectivity index (χ4v) is 3.73. The van der Waals surface area contributed by atoms with E-state index in [0.717, 1.165) is 17.9 Å². The third-order valence-corrected chi connectivity index (χ3v) is 5.20. The van der Waals surface area contributed by atoms with Crippen LogP contribution in [0.25, 0.3) is 0 Å². The summed E-state index contributed by atoms with van der Waals surface area (Å²) in [5, 5.41) is 2.69. The number of carbonyl (C=O) groups is 1. The molecule has 0 saturated carbocycles. The Kier molecular flexibility index (Phi) is 4.23. The van der Waals surface area contributed by atoms with E-state index in [2.05, 4.69) is 5.32 Å². The smallest absolute Gasteiger partial charge is 0.255 e. The van der Waals surface area contributed by atoms with Crippen LogP contribution in [0.1, 0.15) is 15.9 Å². The molecule has 0 fully saturated rings. The minimum atomic E-state index is -3.40. The van der Waals surface area contributed by atoms with Gasteiger partial charge in [0, 0.05) is 17.1 Å². The molecular weight excluding hydrogens is 355 g/mol. The molecule has 1 heterocycles. The first-order chi connectivity index (χ1) is 11.3. The predicted octanol–water partition coefficient (Wildman–Crippen LogP) is 3.05. The number of rotatable bonds is 3. The molecule has 3 rings (SSSR count). The average molecular weight is 369 g/mol. The van der Waals surface area contributed by atoms with Crippen LogP contribution >= 0.6 is 11.6 Å². The van der Waals surface area contributed by atoms with Gasteiger partial charge in [-0.3, -0.25) is 9.10 Å². The van der Waals surface area contributed by atoms with Crippen molar-refractivity contribution in [3.8, 4) is 0 Å². The van der Waals surface area contributed by atoms with Gasteiger partial charge in [0.05, 0.1) is 17.6 Å². The van der Waals surface area contributed by atoms with E-state index in [0.29, 0.717) is 18.7 Å². The zero-order chi connectivity index (χ0) is 17.5. The van der Waals surface area contributed by atoms with Gasteiger partial charge in [-0.2, -0.15) is 0 Å². The van der Waals surface area contributed by atoms with Crippen molar-refractivity contribution in [3.63, 3.8) is 0 Å². The molecule has 2 aromatic carbocycles. The lowest BCUT2D eigenvalue weighted by Crippen LogP contribution is -2.27. The number of benzene rings is 2. The zero-order valence-corrected chi connectivity index (χ0v) is 14.3. The van der Waals surface area contributed by atoms with Crippen LogP contribution in [0.5, 0.6) is 0 Å². The summed E-state index contributed by atoms with van der Waals surface area (Å²) in [5.74, 6) is -1.17. The van der Waals surface area contributed by atoms with Crippen molar-refractivity contribution in [3.05, 3.63) is 58.4 Å². The van der Waals surface area contributed by atoms with Gasteiger partial charge in [-0.15, -0.1) is 0 Å². The lowest BCUT2D eigenvalue weighted by Gasteiger charge is -2.17. The van der Waals surface area contributed by atoms with Gasteiger partial charge >= 0.3 is 0 Å². The molecule has 0 spiro atoms. The maximum Gasteiger partial charge on any atom is 0.255 e. The molecule has 0 radical (unpaired) electrons. The average Bonchev–Trinajstić information content (AvgIpc) is 2.93. The Hall–Kier alpha value is -2.12. The van der Waals surface area contributed by atoms with Gasteiger partial charge in [-0.05, 0) is 42.3 Å². The standard InChI is InChI=1S/C16H14ClFN2O3S/c1-24(22,23)20-7-6-10-2-3-11(8-15(10)20)16(21)19-14-5-4-12(17)9-13(14)18/h2-5,8-9H,6-7H2,1H3,(H,19,21). The number of hydrogen-bond donors (Lipinski definition) is 1. The third-order valence-electron chi connectivity index (χ3n) is 3.78. The molecule has 0 aliphatic carbocycles. The number of sulfonamides is 1. The highest BCUT2D eigenvalue weighted by atomic mass is 35.5. The van der Waals surface area contributed by atoms with Gasteiger partial charge in [-0.25, -0.2) is 12.8 Å². The maximum atomic E-state index is 13.8. The highest BCUT2D eigenvalue weighted by molar-refractivity contribution is 7.92. The lowest BCUT2D eigenvalue weighted by atomic mass is 10.1. The predicted molar refractivity (Wildman–Crippen MR) is 91.7 cm³/mol. The van der Waals surface area contributed by atoms with Crippen molar-refractivity contribution < 1.29 is 17.6 Å². The van der Waals surface area contributed by atoms with Crippen LogP contribution in [0, 0.1) is 5.82 Å². The van der Waals surface area contributed by atoms with Crippen LogP contribution in [-0.4, -0.2) is 27.1 Å². The molecule has 1 aliphatic rings. The molecule has 5 nitrogen and oxygen atoms in total. The van der Waals surface area contributed by atoms with E-state index in [9.17, 15) is 17.6 Å². The molecule has 0 bridgehead atoms. The Morgan fingerprint density at radius 1 is 1.25 bits per heavy atom. The van der Waals surface area contributed by atoms with Crippen LogP contribution in [0.4, 0.5) is 15.8 Å². The quantitative estimate of drug-likeness (QED) is 0.905. The first kappa shape index (κ1) is 16.7. The number of nitrogens with one attached hydrogen (secondary N) is 1. The summed E-state index contributed by atoms with van der Waals surface area (Å²) >= 11 is 5.68. The lowest BCUT2D eigenvalue weighted by molar-refractivity contribution is 0.102. The van der Waals surface area contributed by atoms with Crippen molar-refractivity contribution >= 4 is 38.9 Å². The van der Waals surface area contributed by atoms with E-state index in [1.807, 2.05) is 0 Å². The number of fused-ring (bicyclic) bond motifs is 1. The molecular formula is C16H14ClFN2O3S. The Labute approximate surface area is 144 Å². The number of anilines is 2. The first-order valence-electron chi connectivity index (χ1n) is 7.13. The second-order valence-electron chi connectivity index (χ2n) is 5.51. The van der Waals surface area contributed by atoms with Crippen molar-refractivity contribution in [2.75, 3.05) is 22.4 Å². The van der Waals surface area contributed by atoms with Crippen molar-refractivity contribution in [1.82, 2.24) is 0 Å². The van der Waals surface area contributed by atoms with Crippen LogP contribution in [0.2, 0.25) is 5.02 Å². The Morgan fingerprint density at radius 2 is 2.00 bits per heavy atom. The molecule has 2 aromatic rings. The van der Waals surface area contributed by atoms with E-state index in [4.69, 9.17) is 11.6 Å². The van der Waals surface area contributed by atoms with E-state index >= 15 is 0 Å². The van der Waals surface area contributed by atoms with Crippen molar-refractivity contribution in [1.29, 1.82) is 0 Å². The third kappa shape index (κ3) is 3.22. The number of nitrogens with zero attached hydrogens (tertiary/aromatic N) is 1. The SMILES string of the molecule is CS(=O)(=O)N1CCc2ccc(C(=O)Nc3ccc(Cl)cc3F)cc21. The molecule has 24 heavy (non-hydrogen) atoms. The summed E-state index contributed by atoms with van der Waals surface area (Å²) in [6.07, 6.45) is 1.72. The Balaban J connectivity index is 1.89. The summed E-state index contributed by atoms with van der Waals surface area (Å²) in [6, 6.07) is 8.75. The van der Waals surface area contributed by atoms with Gasteiger partial charge < -0.3 is 5.32 Å². The second kappa shape index (κ2) is 6.07. The number of carbonyl (C=O) groups excluding carboxylic acids is 1. The fourth-order valence-electron chi connectivity index (χ4n) is 2.62. The molecule has 0 unspecified atom stereocenters. The minimum Gasteiger partial charge on any atom is -0.319 e. The first-order valence-corrected chi connectivity index (χ1v) is 9.35. The second-order valence-corrected chi connectivity index (χ2v) is 7.85. The zero-order valence-electron chi connectivity index (χ0n) is 12.7. The number of halogens is 2. The van der Waals surface area contributed by atoms with Gasteiger partial charge in [0.1, 0.15) is 5.82 Å². The number of amides is 1. The summed E-state index contributed by atoms with van der Waals surface area (Å²) in [6.45, 7) is 0.352. The molecule has 0 aromatic heterocycles. The Bertz CT molecular complexity index is 931. The Morgan fingerprint density at radius 3 is 2.67 bits per heavy atom. The largest absolute Gasteiger partial charge is 0.319 e. The number of hydrogen-bond acceptors (Lipinski definition) is 3. The summed E-state index contributed by atoms with van der Waals surface area (Å²) in [5.41, 5.74) is 1.60. The molecule has 126 valence electrons.